The van der Waals surface area contributed by atoms with E-state index in [-0.39, 0.29) is 10.8 Å². The number of rotatable bonds is 14. The second kappa shape index (κ2) is 22.0. The summed E-state index contributed by atoms with van der Waals surface area (Å²) in [7, 11) is 0. The zero-order valence-corrected chi connectivity index (χ0v) is 36.4. The predicted octanol–water partition coefficient (Wildman–Crippen LogP) is 8.26. The molecule has 0 N–H and O–H groups in total. The minimum atomic E-state index is -0.380. The lowest BCUT2D eigenvalue weighted by Crippen LogP contribution is -2.51. The number of ether oxygens (including phenoxy) is 2. The maximum atomic E-state index is 13.6. The molecule has 8 rings (SSSR count). The van der Waals surface area contributed by atoms with E-state index >= 15 is 0 Å². The first-order valence-corrected chi connectivity index (χ1v) is 24.7. The maximum absolute atomic E-state index is 13.6. The highest BCUT2D eigenvalue weighted by atomic mass is 32.2. The van der Waals surface area contributed by atoms with Gasteiger partial charge < -0.3 is 29.1 Å². The van der Waals surface area contributed by atoms with Crippen LogP contribution in [0.5, 0.6) is 0 Å². The molecule has 6 aliphatic heterocycles. The number of thioether (sulfide) groups is 2. The molecule has 6 fully saturated rings. The van der Waals surface area contributed by atoms with Gasteiger partial charge in [0.25, 0.3) is 0 Å². The summed E-state index contributed by atoms with van der Waals surface area (Å²) in [5.74, 6) is 3.01. The van der Waals surface area contributed by atoms with Gasteiger partial charge in [-0.2, -0.15) is 0 Å². The summed E-state index contributed by atoms with van der Waals surface area (Å²) in [6.07, 6.45) is 17.1. The van der Waals surface area contributed by atoms with E-state index in [2.05, 4.69) is 68.1 Å². The van der Waals surface area contributed by atoms with Crippen molar-refractivity contribution in [2.75, 3.05) is 103 Å². The minimum absolute atomic E-state index is 0.333. The third-order valence-corrected chi connectivity index (χ3v) is 15.7. The first-order valence-electron chi connectivity index (χ1n) is 22.7. The fourth-order valence-corrected chi connectivity index (χ4v) is 11.7. The molecule has 6 aliphatic rings. The van der Waals surface area contributed by atoms with Crippen molar-refractivity contribution < 1.29 is 19.1 Å². The fraction of sp³-hybridized carbons (Fsp3) is 0.702. The highest BCUT2D eigenvalue weighted by Gasteiger charge is 2.45. The van der Waals surface area contributed by atoms with Gasteiger partial charge in [0.1, 0.15) is 0 Å². The first kappa shape index (κ1) is 43.0. The summed E-state index contributed by atoms with van der Waals surface area (Å²) in [6, 6.07) is 17.8. The van der Waals surface area contributed by atoms with E-state index in [1.807, 2.05) is 23.5 Å². The van der Waals surface area contributed by atoms with Crippen LogP contribution in [0.2, 0.25) is 0 Å². The van der Waals surface area contributed by atoms with Gasteiger partial charge in [-0.3, -0.25) is 9.59 Å². The van der Waals surface area contributed by atoms with Gasteiger partial charge in [-0.05, 0) is 182 Å². The highest BCUT2D eigenvalue weighted by Crippen LogP contribution is 2.40. The van der Waals surface area contributed by atoms with Crippen LogP contribution in [0.15, 0.2) is 58.3 Å². The lowest BCUT2D eigenvalue weighted by Gasteiger charge is -2.41. The molecule has 57 heavy (non-hydrogen) atoms. The average molecular weight is 819 g/mol. The van der Waals surface area contributed by atoms with E-state index in [1.54, 1.807) is 0 Å². The number of benzene rings is 2. The molecule has 2 aromatic rings. The summed E-state index contributed by atoms with van der Waals surface area (Å²) < 4.78 is 11.2. The van der Waals surface area contributed by atoms with Crippen molar-refractivity contribution in [1.82, 2.24) is 19.6 Å². The quantitative estimate of drug-likeness (QED) is 0.140. The third-order valence-electron chi connectivity index (χ3n) is 13.5. The number of carbonyl (C=O) groups excluding carboxylic acids is 2. The van der Waals surface area contributed by atoms with Gasteiger partial charge in [0.05, 0.1) is 10.8 Å². The van der Waals surface area contributed by atoms with Gasteiger partial charge in [-0.1, -0.05) is 24.3 Å². The molecule has 0 aliphatic carbocycles. The lowest BCUT2D eigenvalue weighted by molar-refractivity contribution is -0.142. The van der Waals surface area contributed by atoms with E-state index in [0.717, 1.165) is 77.5 Å². The Labute approximate surface area is 352 Å². The largest absolute Gasteiger partial charge is 0.381 e. The van der Waals surface area contributed by atoms with Crippen molar-refractivity contribution in [2.45, 2.75) is 117 Å². The number of piperidine rings is 1. The smallest absolute Gasteiger partial charge is 0.233 e. The summed E-state index contributed by atoms with van der Waals surface area (Å²) in [6.45, 7) is 14.1. The van der Waals surface area contributed by atoms with Crippen LogP contribution in [-0.2, 0) is 29.9 Å². The Morgan fingerprint density at radius 3 is 1.18 bits per heavy atom. The molecule has 0 radical (unpaired) electrons. The van der Waals surface area contributed by atoms with Crippen molar-refractivity contribution in [2.24, 2.45) is 0 Å². The zero-order valence-electron chi connectivity index (χ0n) is 34.8. The van der Waals surface area contributed by atoms with Crippen LogP contribution in [0, 0.1) is 0 Å². The van der Waals surface area contributed by atoms with Crippen molar-refractivity contribution in [3.8, 4) is 0 Å². The lowest BCUT2D eigenvalue weighted by atomic mass is 9.72. The molecule has 2 amide bonds. The molecular weight excluding hydrogens is 749 g/mol. The van der Waals surface area contributed by atoms with Crippen molar-refractivity contribution in [1.29, 1.82) is 0 Å². The van der Waals surface area contributed by atoms with Crippen LogP contribution < -0.4 is 0 Å². The van der Waals surface area contributed by atoms with E-state index < -0.39 is 0 Å². The Kier molecular flexibility index (Phi) is 16.6. The molecule has 8 nitrogen and oxygen atoms in total. The van der Waals surface area contributed by atoms with E-state index in [1.165, 1.54) is 117 Å². The Bertz CT molecular complexity index is 1500. The standard InChI is InChI=1S/C24H36N2O2S.C23H34N2O2S/c27-23(26-16-2-1-3-17-26)24(11-18-28-19-12-24)21-7-9-22(10-8-21)29-20-6-15-25-13-4-5-14-25;26-22(25-15-3-4-16-25)23(10-17-27-18-11-23)20-6-8-21(9-7-20)28-19-5-14-24-12-1-2-13-24/h7-10H,1-6,11-20H2;6-9H,1-5,10-19H2. The van der Waals surface area contributed by atoms with Crippen LogP contribution in [-0.4, -0.2) is 135 Å². The maximum Gasteiger partial charge on any atom is 0.233 e. The van der Waals surface area contributed by atoms with Crippen LogP contribution in [0.25, 0.3) is 0 Å². The summed E-state index contributed by atoms with van der Waals surface area (Å²) in [5, 5.41) is 0. The van der Waals surface area contributed by atoms with Gasteiger partial charge in [0.2, 0.25) is 11.8 Å². The molecule has 0 saturated carbocycles. The molecule has 0 spiro atoms. The molecule has 6 saturated heterocycles. The average Bonchev–Trinajstić information content (AvgIpc) is 4.11. The molecule has 0 aromatic heterocycles. The van der Waals surface area contributed by atoms with E-state index in [0.29, 0.717) is 38.2 Å². The molecule has 6 heterocycles. The highest BCUT2D eigenvalue weighted by molar-refractivity contribution is 7.99. The van der Waals surface area contributed by atoms with Gasteiger partial charge >= 0.3 is 0 Å². The minimum Gasteiger partial charge on any atom is -0.381 e. The fourth-order valence-electron chi connectivity index (χ4n) is 10.0. The normalized spacial score (nSPS) is 22.7. The van der Waals surface area contributed by atoms with Crippen LogP contribution in [0.1, 0.15) is 107 Å². The van der Waals surface area contributed by atoms with Crippen LogP contribution in [0.3, 0.4) is 0 Å². The topological polar surface area (TPSA) is 65.6 Å². The number of amides is 2. The SMILES string of the molecule is O=C(N1CCCC1)C1(c2ccc(SCCCN3CCCC3)cc2)CCOCC1.O=C(N1CCCCC1)C1(c2ccc(SCCCN3CCCC3)cc2)CCOCC1. The Balaban J connectivity index is 0.000000174. The van der Waals surface area contributed by atoms with Gasteiger partial charge in [-0.15, -0.1) is 23.5 Å². The zero-order chi connectivity index (χ0) is 39.2. The van der Waals surface area contributed by atoms with Crippen molar-refractivity contribution in [3.63, 3.8) is 0 Å². The Morgan fingerprint density at radius 1 is 0.474 bits per heavy atom. The Morgan fingerprint density at radius 2 is 0.807 bits per heavy atom. The summed E-state index contributed by atoms with van der Waals surface area (Å²) in [4.78, 5) is 39.0. The van der Waals surface area contributed by atoms with E-state index in [9.17, 15) is 9.59 Å². The number of likely N-dealkylation sites (tertiary alicyclic amines) is 4. The second-order valence-corrected chi connectivity index (χ2v) is 19.6. The molecule has 2 aromatic carbocycles. The number of hydrogen-bond acceptors (Lipinski definition) is 8. The molecular formula is C47H70N4O4S2. The van der Waals surface area contributed by atoms with Gasteiger partial charge in [-0.25, -0.2) is 0 Å². The molecule has 314 valence electrons. The molecule has 0 bridgehead atoms. The van der Waals surface area contributed by atoms with Crippen LogP contribution >= 0.6 is 23.5 Å². The number of hydrogen-bond donors (Lipinski definition) is 0. The molecule has 0 atom stereocenters. The third kappa shape index (κ3) is 11.4. The van der Waals surface area contributed by atoms with Crippen molar-refractivity contribution >= 4 is 35.3 Å². The predicted molar refractivity (Wildman–Crippen MR) is 235 cm³/mol. The molecule has 10 heteroatoms. The summed E-state index contributed by atoms with van der Waals surface area (Å²) in [5.41, 5.74) is 1.63. The molecule has 0 unspecified atom stereocenters. The van der Waals surface area contributed by atoms with Gasteiger partial charge in [0, 0.05) is 62.4 Å². The van der Waals surface area contributed by atoms with Crippen LogP contribution in [0.4, 0.5) is 0 Å². The second-order valence-electron chi connectivity index (χ2n) is 17.3. The first-order chi connectivity index (χ1) is 28.1. The number of nitrogens with zero attached hydrogens (tertiary/aromatic N) is 4. The van der Waals surface area contributed by atoms with Crippen molar-refractivity contribution in [3.05, 3.63) is 59.7 Å². The number of carbonyl (C=O) groups is 2. The Hall–Kier alpha value is -2.08. The van der Waals surface area contributed by atoms with Gasteiger partial charge in [0.15, 0.2) is 0 Å². The summed E-state index contributed by atoms with van der Waals surface area (Å²) >= 11 is 3.89. The monoisotopic (exact) mass is 818 g/mol. The van der Waals surface area contributed by atoms with E-state index in [4.69, 9.17) is 9.47 Å².